The van der Waals surface area contributed by atoms with Crippen LogP contribution in [0.1, 0.15) is 15.4 Å². The number of nitrogens with one attached hydrogen (secondary N) is 1. The summed E-state index contributed by atoms with van der Waals surface area (Å²) in [6.45, 7) is 0.354. The summed E-state index contributed by atoms with van der Waals surface area (Å²) in [6, 6.07) is 3.66. The van der Waals surface area contributed by atoms with Crippen molar-refractivity contribution in [1.82, 2.24) is 4.98 Å². The molecule has 0 unspecified atom stereocenters. The summed E-state index contributed by atoms with van der Waals surface area (Å²) in [4.78, 5) is 15.0. The molecule has 0 fully saturated rings. The third-order valence-corrected chi connectivity index (χ3v) is 4.15. The second-order valence-corrected chi connectivity index (χ2v) is 6.38. The van der Waals surface area contributed by atoms with Gasteiger partial charge in [0.05, 0.1) is 17.0 Å². The van der Waals surface area contributed by atoms with Crippen LogP contribution in [0.3, 0.4) is 0 Å². The first-order chi connectivity index (χ1) is 9.38. The highest BCUT2D eigenvalue weighted by Gasteiger charge is 2.16. The third-order valence-electron chi connectivity index (χ3n) is 2.46. The van der Waals surface area contributed by atoms with E-state index >= 15 is 0 Å². The minimum atomic E-state index is -3.94. The van der Waals surface area contributed by atoms with Crippen LogP contribution in [0.5, 0.6) is 0 Å². The van der Waals surface area contributed by atoms with Crippen molar-refractivity contribution in [3.8, 4) is 0 Å². The molecule has 1 heterocycles. The van der Waals surface area contributed by atoms with Crippen LogP contribution in [0.4, 0.5) is 5.69 Å². The first-order valence-electron chi connectivity index (χ1n) is 5.40. The molecule has 0 aliphatic rings. The lowest BCUT2D eigenvalue weighted by Gasteiger charge is -2.09. The van der Waals surface area contributed by atoms with Crippen LogP contribution in [-0.4, -0.2) is 24.5 Å². The lowest BCUT2D eigenvalue weighted by Crippen LogP contribution is -2.14. The standard InChI is InChI=1S/C11H11N3O4S2/c12-20(17,18)7-1-2-9(8(5-7)11(15)16)14-6-10-13-3-4-19-10/h1-5,14H,6H2,(H,15,16)(H2,12,17,18). The smallest absolute Gasteiger partial charge is 0.337 e. The molecule has 0 saturated carbocycles. The fourth-order valence-electron chi connectivity index (χ4n) is 1.54. The van der Waals surface area contributed by atoms with Crippen LogP contribution in [-0.2, 0) is 16.6 Å². The molecule has 2 aromatic rings. The summed E-state index contributed by atoms with van der Waals surface area (Å²) < 4.78 is 22.4. The summed E-state index contributed by atoms with van der Waals surface area (Å²) in [5.41, 5.74) is 0.146. The Morgan fingerprint density at radius 3 is 2.75 bits per heavy atom. The van der Waals surface area contributed by atoms with Gasteiger partial charge in [-0.25, -0.2) is 23.3 Å². The number of nitrogens with zero attached hydrogens (tertiary/aromatic N) is 1. The molecule has 0 amide bonds. The van der Waals surface area contributed by atoms with E-state index in [0.717, 1.165) is 11.1 Å². The predicted octanol–water partition coefficient (Wildman–Crippen LogP) is 1.10. The number of carboxylic acids is 1. The van der Waals surface area contributed by atoms with E-state index in [0.29, 0.717) is 12.2 Å². The molecule has 0 bridgehead atoms. The van der Waals surface area contributed by atoms with Crippen molar-refractivity contribution >= 4 is 33.0 Å². The molecule has 2 rings (SSSR count). The highest BCUT2D eigenvalue weighted by Crippen LogP contribution is 2.21. The van der Waals surface area contributed by atoms with Crippen molar-refractivity contribution in [3.05, 3.63) is 40.3 Å². The molecule has 1 aromatic heterocycles. The van der Waals surface area contributed by atoms with Crippen LogP contribution in [0, 0.1) is 0 Å². The van der Waals surface area contributed by atoms with E-state index < -0.39 is 16.0 Å². The molecule has 7 nitrogen and oxygen atoms in total. The maximum Gasteiger partial charge on any atom is 0.337 e. The van der Waals surface area contributed by atoms with Crippen molar-refractivity contribution in [1.29, 1.82) is 0 Å². The van der Waals surface area contributed by atoms with E-state index in [9.17, 15) is 13.2 Å². The van der Waals surface area contributed by atoms with Gasteiger partial charge in [0.25, 0.3) is 0 Å². The summed E-state index contributed by atoms with van der Waals surface area (Å²) in [5, 5.41) is 19.6. The second-order valence-electron chi connectivity index (χ2n) is 3.84. The normalized spacial score (nSPS) is 11.2. The fraction of sp³-hybridized carbons (Fsp3) is 0.0909. The number of aromatic nitrogens is 1. The van der Waals surface area contributed by atoms with Gasteiger partial charge in [-0.05, 0) is 18.2 Å². The van der Waals surface area contributed by atoms with Crippen molar-refractivity contribution in [2.75, 3.05) is 5.32 Å². The Morgan fingerprint density at radius 1 is 1.45 bits per heavy atom. The van der Waals surface area contributed by atoms with Gasteiger partial charge in [0.2, 0.25) is 10.0 Å². The number of sulfonamides is 1. The third kappa shape index (κ3) is 3.32. The van der Waals surface area contributed by atoms with Gasteiger partial charge in [-0.1, -0.05) is 0 Å². The molecule has 0 aliphatic heterocycles. The van der Waals surface area contributed by atoms with Crippen molar-refractivity contribution in [3.63, 3.8) is 0 Å². The number of carbonyl (C=O) groups is 1. The fourth-order valence-corrected chi connectivity index (χ4v) is 2.64. The van der Waals surface area contributed by atoms with E-state index in [-0.39, 0.29) is 10.5 Å². The van der Waals surface area contributed by atoms with E-state index in [4.69, 9.17) is 10.2 Å². The van der Waals surface area contributed by atoms with E-state index in [1.54, 1.807) is 11.6 Å². The minimum absolute atomic E-state index is 0.159. The van der Waals surface area contributed by atoms with Gasteiger partial charge in [-0.15, -0.1) is 11.3 Å². The Morgan fingerprint density at radius 2 is 2.20 bits per heavy atom. The molecule has 0 spiro atoms. The van der Waals surface area contributed by atoms with Gasteiger partial charge in [0.15, 0.2) is 0 Å². The number of benzene rings is 1. The monoisotopic (exact) mass is 313 g/mol. The maximum atomic E-state index is 11.2. The average molecular weight is 313 g/mol. The summed E-state index contributed by atoms with van der Waals surface area (Å²) in [6.07, 6.45) is 1.64. The summed E-state index contributed by atoms with van der Waals surface area (Å²) in [7, 11) is -3.94. The zero-order valence-electron chi connectivity index (χ0n) is 10.1. The molecular formula is C11H11N3O4S2. The number of anilines is 1. The molecule has 9 heteroatoms. The van der Waals surface area contributed by atoms with Crippen LogP contribution >= 0.6 is 11.3 Å². The number of thiazole rings is 1. The van der Waals surface area contributed by atoms with Crippen LogP contribution in [0.2, 0.25) is 0 Å². The highest BCUT2D eigenvalue weighted by molar-refractivity contribution is 7.89. The Kier molecular flexibility index (Phi) is 4.02. The maximum absolute atomic E-state index is 11.2. The first-order valence-corrected chi connectivity index (χ1v) is 7.83. The lowest BCUT2D eigenvalue weighted by molar-refractivity contribution is 0.0697. The molecule has 20 heavy (non-hydrogen) atoms. The number of hydrogen-bond acceptors (Lipinski definition) is 6. The Balaban J connectivity index is 2.31. The van der Waals surface area contributed by atoms with Gasteiger partial charge < -0.3 is 10.4 Å². The molecule has 106 valence electrons. The molecule has 0 radical (unpaired) electrons. The van der Waals surface area contributed by atoms with Gasteiger partial charge in [0, 0.05) is 17.3 Å². The summed E-state index contributed by atoms with van der Waals surface area (Å²) in [5.74, 6) is -1.24. The topological polar surface area (TPSA) is 122 Å². The van der Waals surface area contributed by atoms with Gasteiger partial charge in [0.1, 0.15) is 5.01 Å². The molecular weight excluding hydrogens is 302 g/mol. The van der Waals surface area contributed by atoms with E-state index in [1.165, 1.54) is 23.5 Å². The minimum Gasteiger partial charge on any atom is -0.478 e. The van der Waals surface area contributed by atoms with Gasteiger partial charge >= 0.3 is 5.97 Å². The van der Waals surface area contributed by atoms with E-state index in [1.807, 2.05) is 0 Å². The van der Waals surface area contributed by atoms with Crippen LogP contribution in [0.15, 0.2) is 34.7 Å². The number of rotatable bonds is 5. The van der Waals surface area contributed by atoms with Gasteiger partial charge in [-0.2, -0.15) is 0 Å². The van der Waals surface area contributed by atoms with Crippen molar-refractivity contribution in [2.45, 2.75) is 11.4 Å². The number of primary sulfonamides is 1. The first kappa shape index (κ1) is 14.4. The largest absolute Gasteiger partial charge is 0.478 e. The van der Waals surface area contributed by atoms with Gasteiger partial charge in [-0.3, -0.25) is 0 Å². The van der Waals surface area contributed by atoms with Crippen LogP contribution in [0.25, 0.3) is 0 Å². The number of hydrogen-bond donors (Lipinski definition) is 3. The highest BCUT2D eigenvalue weighted by atomic mass is 32.2. The predicted molar refractivity (Wildman–Crippen MR) is 74.2 cm³/mol. The lowest BCUT2D eigenvalue weighted by atomic mass is 10.2. The van der Waals surface area contributed by atoms with Crippen LogP contribution < -0.4 is 10.5 Å². The molecule has 0 atom stereocenters. The molecule has 1 aromatic carbocycles. The van der Waals surface area contributed by atoms with E-state index in [2.05, 4.69) is 10.3 Å². The quantitative estimate of drug-likeness (QED) is 0.759. The number of carboxylic acid groups (broad SMARTS) is 1. The molecule has 0 saturated heterocycles. The molecule has 0 aliphatic carbocycles. The van der Waals surface area contributed by atoms with Crippen molar-refractivity contribution < 1.29 is 18.3 Å². The summed E-state index contributed by atoms with van der Waals surface area (Å²) >= 11 is 1.43. The SMILES string of the molecule is NS(=O)(=O)c1ccc(NCc2nccs2)c(C(=O)O)c1. The zero-order valence-corrected chi connectivity index (χ0v) is 11.7. The zero-order chi connectivity index (χ0) is 14.8. The average Bonchev–Trinajstić information content (AvgIpc) is 2.88. The number of aromatic carboxylic acids is 1. The Labute approximate surface area is 119 Å². The van der Waals surface area contributed by atoms with Crippen molar-refractivity contribution in [2.24, 2.45) is 5.14 Å². The molecule has 4 N–H and O–H groups in total. The Hall–Kier alpha value is -1.97. The number of nitrogens with two attached hydrogens (primary N) is 1. The Bertz CT molecular complexity index is 726. The second kappa shape index (κ2) is 5.57.